The Hall–Kier alpha value is -1.15. The summed E-state index contributed by atoms with van der Waals surface area (Å²) >= 11 is 5.87. The van der Waals surface area contributed by atoms with E-state index in [0.29, 0.717) is 30.6 Å². The van der Waals surface area contributed by atoms with Crippen molar-refractivity contribution in [1.29, 1.82) is 0 Å². The zero-order valence-corrected chi connectivity index (χ0v) is 19.4. The number of benzene rings is 1. The maximum atomic E-state index is 12.9. The van der Waals surface area contributed by atoms with Gasteiger partial charge in [0.15, 0.2) is 0 Å². The highest BCUT2D eigenvalue weighted by atomic mass is 35.5. The van der Waals surface area contributed by atoms with Gasteiger partial charge in [-0.15, -0.1) is 0 Å². The molecule has 6 nitrogen and oxygen atoms in total. The van der Waals surface area contributed by atoms with E-state index in [1.165, 1.54) is 42.1 Å². The molecule has 2 heterocycles. The third-order valence-corrected chi connectivity index (χ3v) is 8.48. The SMILES string of the molecule is CC[C@@H]1CCCCN1CCCNC(=O)[C@H]1CCCN(S(=O)(=O)c2ccc(Cl)cc2)C1. The predicted molar refractivity (Wildman–Crippen MR) is 120 cm³/mol. The summed E-state index contributed by atoms with van der Waals surface area (Å²) in [4.78, 5) is 15.4. The number of nitrogens with one attached hydrogen (secondary N) is 1. The second-order valence-electron chi connectivity index (χ2n) is 8.39. The summed E-state index contributed by atoms with van der Waals surface area (Å²) in [6.07, 6.45) is 7.40. The monoisotopic (exact) mass is 455 g/mol. The van der Waals surface area contributed by atoms with Crippen LogP contribution in [-0.4, -0.2) is 62.3 Å². The minimum atomic E-state index is -3.61. The Bertz CT molecular complexity index is 800. The van der Waals surface area contributed by atoms with Crippen molar-refractivity contribution < 1.29 is 13.2 Å². The fourth-order valence-corrected chi connectivity index (χ4v) is 6.23. The van der Waals surface area contributed by atoms with Crippen LogP contribution in [0.3, 0.4) is 0 Å². The zero-order valence-electron chi connectivity index (χ0n) is 17.9. The Labute approximate surface area is 186 Å². The van der Waals surface area contributed by atoms with Crippen LogP contribution < -0.4 is 5.32 Å². The van der Waals surface area contributed by atoms with Crippen LogP contribution in [0.5, 0.6) is 0 Å². The topological polar surface area (TPSA) is 69.7 Å². The fourth-order valence-electron chi connectivity index (χ4n) is 4.59. The number of halogens is 1. The lowest BCUT2D eigenvalue weighted by Crippen LogP contribution is -2.46. The van der Waals surface area contributed by atoms with Gasteiger partial charge in [0.05, 0.1) is 10.8 Å². The number of hydrogen-bond acceptors (Lipinski definition) is 4. The summed E-state index contributed by atoms with van der Waals surface area (Å²) in [5.74, 6) is -0.323. The molecular weight excluding hydrogens is 422 g/mol. The molecule has 2 saturated heterocycles. The van der Waals surface area contributed by atoms with E-state index in [1.54, 1.807) is 12.1 Å². The number of amides is 1. The van der Waals surface area contributed by atoms with Crippen molar-refractivity contribution >= 4 is 27.5 Å². The Morgan fingerprint density at radius 3 is 2.63 bits per heavy atom. The van der Waals surface area contributed by atoms with E-state index in [1.807, 2.05) is 0 Å². The van der Waals surface area contributed by atoms with Gasteiger partial charge in [-0.1, -0.05) is 24.9 Å². The van der Waals surface area contributed by atoms with Gasteiger partial charge in [0.1, 0.15) is 0 Å². The van der Waals surface area contributed by atoms with Crippen LogP contribution in [-0.2, 0) is 14.8 Å². The van der Waals surface area contributed by atoms with Gasteiger partial charge in [0, 0.05) is 37.2 Å². The van der Waals surface area contributed by atoms with E-state index in [2.05, 4.69) is 17.1 Å². The molecular formula is C22H34ClN3O3S. The molecule has 0 aromatic heterocycles. The van der Waals surface area contributed by atoms with Crippen molar-refractivity contribution in [1.82, 2.24) is 14.5 Å². The van der Waals surface area contributed by atoms with Gasteiger partial charge in [0.2, 0.25) is 15.9 Å². The van der Waals surface area contributed by atoms with Crippen molar-refractivity contribution in [2.75, 3.05) is 32.7 Å². The molecule has 0 saturated carbocycles. The first kappa shape index (κ1) is 23.5. The largest absolute Gasteiger partial charge is 0.356 e. The van der Waals surface area contributed by atoms with Crippen LogP contribution in [0.15, 0.2) is 29.2 Å². The van der Waals surface area contributed by atoms with Crippen LogP contribution >= 0.6 is 11.6 Å². The van der Waals surface area contributed by atoms with E-state index in [-0.39, 0.29) is 23.3 Å². The first-order chi connectivity index (χ1) is 14.4. The lowest BCUT2D eigenvalue weighted by molar-refractivity contribution is -0.126. The smallest absolute Gasteiger partial charge is 0.243 e. The van der Waals surface area contributed by atoms with Crippen LogP contribution in [0.1, 0.15) is 51.9 Å². The molecule has 1 aromatic rings. The first-order valence-corrected chi connectivity index (χ1v) is 13.0. The summed E-state index contributed by atoms with van der Waals surface area (Å²) in [5, 5.41) is 3.54. The molecule has 0 aliphatic carbocycles. The van der Waals surface area contributed by atoms with Crippen molar-refractivity contribution in [3.63, 3.8) is 0 Å². The molecule has 0 bridgehead atoms. The van der Waals surface area contributed by atoms with Gasteiger partial charge in [-0.05, 0) is 69.3 Å². The van der Waals surface area contributed by atoms with Crippen LogP contribution in [0.25, 0.3) is 0 Å². The Kier molecular flexibility index (Phi) is 8.57. The number of rotatable bonds is 8. The molecule has 0 unspecified atom stereocenters. The number of hydrogen-bond donors (Lipinski definition) is 1. The van der Waals surface area contributed by atoms with Crippen molar-refractivity contribution in [3.8, 4) is 0 Å². The second-order valence-corrected chi connectivity index (χ2v) is 10.8. The van der Waals surface area contributed by atoms with Gasteiger partial charge >= 0.3 is 0 Å². The van der Waals surface area contributed by atoms with E-state index in [0.717, 1.165) is 25.9 Å². The molecule has 2 atom stereocenters. The molecule has 0 spiro atoms. The molecule has 1 amide bonds. The molecule has 3 rings (SSSR count). The van der Waals surface area contributed by atoms with E-state index in [4.69, 9.17) is 11.6 Å². The fraction of sp³-hybridized carbons (Fsp3) is 0.682. The van der Waals surface area contributed by atoms with Gasteiger partial charge in [-0.25, -0.2) is 8.42 Å². The summed E-state index contributed by atoms with van der Waals surface area (Å²) in [5.41, 5.74) is 0. The maximum absolute atomic E-state index is 12.9. The average Bonchev–Trinajstić information content (AvgIpc) is 2.77. The standard InChI is InChI=1S/C22H34ClN3O3S/c1-2-20-8-3-4-14-25(20)15-6-13-24-22(27)18-7-5-16-26(17-18)30(28,29)21-11-9-19(23)10-12-21/h9-12,18,20H,2-8,13-17H2,1H3,(H,24,27)/t18-,20+/m0/s1. The van der Waals surface area contributed by atoms with Gasteiger partial charge < -0.3 is 10.2 Å². The second kappa shape index (κ2) is 10.9. The molecule has 168 valence electrons. The number of carbonyl (C=O) groups excluding carboxylic acids is 1. The van der Waals surface area contributed by atoms with Gasteiger partial charge in [-0.2, -0.15) is 4.31 Å². The Morgan fingerprint density at radius 1 is 1.13 bits per heavy atom. The molecule has 2 aliphatic heterocycles. The normalized spacial score (nSPS) is 23.9. The van der Waals surface area contributed by atoms with Crippen molar-refractivity contribution in [3.05, 3.63) is 29.3 Å². The predicted octanol–water partition coefficient (Wildman–Crippen LogP) is 3.51. The highest BCUT2D eigenvalue weighted by molar-refractivity contribution is 7.89. The minimum Gasteiger partial charge on any atom is -0.356 e. The van der Waals surface area contributed by atoms with Gasteiger partial charge in [0.25, 0.3) is 0 Å². The average molecular weight is 456 g/mol. The lowest BCUT2D eigenvalue weighted by Gasteiger charge is -2.35. The molecule has 2 aliphatic rings. The summed E-state index contributed by atoms with van der Waals surface area (Å²) in [7, 11) is -3.61. The maximum Gasteiger partial charge on any atom is 0.243 e. The van der Waals surface area contributed by atoms with Gasteiger partial charge in [-0.3, -0.25) is 4.79 Å². The van der Waals surface area contributed by atoms with E-state index < -0.39 is 10.0 Å². The number of sulfonamides is 1. The minimum absolute atomic E-state index is 0.0308. The summed E-state index contributed by atoms with van der Waals surface area (Å²) in [6, 6.07) is 6.87. The van der Waals surface area contributed by atoms with Crippen LogP contribution in [0.4, 0.5) is 0 Å². The summed E-state index contributed by atoms with van der Waals surface area (Å²) in [6.45, 7) is 5.75. The van der Waals surface area contributed by atoms with E-state index in [9.17, 15) is 13.2 Å². The Balaban J connectivity index is 1.47. The third kappa shape index (κ3) is 5.96. The molecule has 8 heteroatoms. The number of nitrogens with zero attached hydrogens (tertiary/aromatic N) is 2. The molecule has 2 fully saturated rings. The number of carbonyl (C=O) groups is 1. The highest BCUT2D eigenvalue weighted by Gasteiger charge is 2.33. The molecule has 0 radical (unpaired) electrons. The number of piperidine rings is 2. The lowest BCUT2D eigenvalue weighted by atomic mass is 9.98. The summed E-state index contributed by atoms with van der Waals surface area (Å²) < 4.78 is 27.2. The highest BCUT2D eigenvalue weighted by Crippen LogP contribution is 2.25. The Morgan fingerprint density at radius 2 is 1.90 bits per heavy atom. The molecule has 1 N–H and O–H groups in total. The third-order valence-electron chi connectivity index (χ3n) is 6.35. The number of likely N-dealkylation sites (tertiary alicyclic amines) is 1. The quantitative estimate of drug-likeness (QED) is 0.609. The van der Waals surface area contributed by atoms with Crippen molar-refractivity contribution in [2.24, 2.45) is 5.92 Å². The van der Waals surface area contributed by atoms with Crippen LogP contribution in [0, 0.1) is 5.92 Å². The van der Waals surface area contributed by atoms with E-state index >= 15 is 0 Å². The zero-order chi connectivity index (χ0) is 21.6. The van der Waals surface area contributed by atoms with Crippen LogP contribution in [0.2, 0.25) is 5.02 Å². The van der Waals surface area contributed by atoms with Crippen molar-refractivity contribution in [2.45, 2.75) is 62.8 Å². The molecule has 1 aromatic carbocycles. The first-order valence-electron chi connectivity index (χ1n) is 11.2. The molecule has 30 heavy (non-hydrogen) atoms.